The molecule has 3 N–H and O–H groups in total. The van der Waals surface area contributed by atoms with Gasteiger partial charge in [0.2, 0.25) is 0 Å². The fourth-order valence-corrected chi connectivity index (χ4v) is 2.36. The predicted octanol–water partition coefficient (Wildman–Crippen LogP) is 1.36. The van der Waals surface area contributed by atoms with Crippen molar-refractivity contribution in [2.45, 2.75) is 19.0 Å². The molecule has 0 radical (unpaired) electrons. The summed E-state index contributed by atoms with van der Waals surface area (Å²) in [6, 6.07) is 4.83. The molecule has 1 rings (SSSR count). The van der Waals surface area contributed by atoms with Crippen molar-refractivity contribution in [3.05, 3.63) is 23.8 Å². The van der Waals surface area contributed by atoms with Crippen LogP contribution in [0.3, 0.4) is 0 Å². The Kier molecular flexibility index (Phi) is 8.72. The zero-order chi connectivity index (χ0) is 16.4. The van der Waals surface area contributed by atoms with Gasteiger partial charge in [-0.15, -0.1) is 0 Å². The molecule has 22 heavy (non-hydrogen) atoms. The molecule has 1 aromatic rings. The largest absolute Gasteiger partial charge is 0.493 e. The van der Waals surface area contributed by atoms with Crippen molar-refractivity contribution < 1.29 is 24.5 Å². The van der Waals surface area contributed by atoms with Gasteiger partial charge in [-0.2, -0.15) is 11.8 Å². The number of aliphatic carboxylic acids is 1. The van der Waals surface area contributed by atoms with Crippen LogP contribution in [0.5, 0.6) is 11.5 Å². The van der Waals surface area contributed by atoms with E-state index in [1.165, 1.54) is 7.11 Å². The number of benzene rings is 1. The average Bonchev–Trinajstić information content (AvgIpc) is 2.52. The zero-order valence-corrected chi connectivity index (χ0v) is 13.7. The molecule has 0 fully saturated rings. The maximum absolute atomic E-state index is 11.2. The molecule has 0 saturated heterocycles. The molecule has 1 unspecified atom stereocenters. The van der Waals surface area contributed by atoms with E-state index >= 15 is 0 Å². The molecule has 0 aromatic heterocycles. The van der Waals surface area contributed by atoms with Gasteiger partial charge in [0.15, 0.2) is 11.5 Å². The van der Waals surface area contributed by atoms with Crippen LogP contribution in [0.15, 0.2) is 18.2 Å². The Morgan fingerprint density at radius 2 is 2.18 bits per heavy atom. The number of methoxy groups -OCH3 is 1. The van der Waals surface area contributed by atoms with Crippen LogP contribution in [0.25, 0.3) is 0 Å². The third-order valence-corrected chi connectivity index (χ3v) is 3.68. The molecule has 1 aromatic carbocycles. The van der Waals surface area contributed by atoms with Crippen LogP contribution >= 0.6 is 11.8 Å². The summed E-state index contributed by atoms with van der Waals surface area (Å²) in [5.74, 6) is 1.06. The lowest BCUT2D eigenvalue weighted by Crippen LogP contribution is -2.36. The third-order valence-electron chi connectivity index (χ3n) is 3.04. The van der Waals surface area contributed by atoms with Gasteiger partial charge in [0.05, 0.1) is 13.7 Å². The first kappa shape index (κ1) is 18.6. The highest BCUT2D eigenvalue weighted by atomic mass is 32.2. The molecule has 0 aliphatic carbocycles. The van der Waals surface area contributed by atoms with Crippen LogP contribution in [0.1, 0.15) is 12.0 Å². The number of hydrogen-bond donors (Lipinski definition) is 3. The zero-order valence-electron chi connectivity index (χ0n) is 12.9. The molecule has 0 aliphatic heterocycles. The minimum absolute atomic E-state index is 0.0673. The molecular weight excluding hydrogens is 306 g/mol. The molecule has 0 heterocycles. The molecule has 1 atom stereocenters. The number of nitrogens with one attached hydrogen (secondary N) is 1. The summed E-state index contributed by atoms with van der Waals surface area (Å²) in [6.45, 7) is 0.563. The second kappa shape index (κ2) is 10.3. The smallest absolute Gasteiger partial charge is 0.320 e. The lowest BCUT2D eigenvalue weighted by Gasteiger charge is -2.15. The summed E-state index contributed by atoms with van der Waals surface area (Å²) in [6.07, 6.45) is 2.53. The molecule has 0 saturated carbocycles. The van der Waals surface area contributed by atoms with Crippen LogP contribution in [-0.4, -0.2) is 54.6 Å². The molecular formula is C15H23NO5S. The summed E-state index contributed by atoms with van der Waals surface area (Å²) >= 11 is 1.62. The summed E-state index contributed by atoms with van der Waals surface area (Å²) in [7, 11) is 1.54. The molecule has 7 heteroatoms. The SMILES string of the molecule is COc1cc(CNC(CCSC)C(=O)O)ccc1OCCO. The fourth-order valence-electron chi connectivity index (χ4n) is 1.89. The van der Waals surface area contributed by atoms with Crippen molar-refractivity contribution in [1.82, 2.24) is 5.32 Å². The summed E-state index contributed by atoms with van der Waals surface area (Å²) in [5, 5.41) is 21.0. The summed E-state index contributed by atoms with van der Waals surface area (Å²) in [4.78, 5) is 11.2. The second-order valence-corrected chi connectivity index (χ2v) is 5.60. The van der Waals surface area contributed by atoms with Gasteiger partial charge in [-0.1, -0.05) is 6.07 Å². The van der Waals surface area contributed by atoms with Crippen LogP contribution in [-0.2, 0) is 11.3 Å². The Labute approximate surface area is 134 Å². The lowest BCUT2D eigenvalue weighted by atomic mass is 10.1. The molecule has 124 valence electrons. The number of thioether (sulfide) groups is 1. The molecule has 0 amide bonds. The van der Waals surface area contributed by atoms with Gasteiger partial charge in [0.25, 0.3) is 0 Å². The maximum Gasteiger partial charge on any atom is 0.320 e. The van der Waals surface area contributed by atoms with E-state index in [2.05, 4.69) is 5.32 Å². The molecule has 0 bridgehead atoms. The Balaban J connectivity index is 2.66. The van der Waals surface area contributed by atoms with E-state index in [1.54, 1.807) is 23.9 Å². The van der Waals surface area contributed by atoms with E-state index in [4.69, 9.17) is 14.6 Å². The fraction of sp³-hybridized carbons (Fsp3) is 0.533. The first-order valence-electron chi connectivity index (χ1n) is 6.98. The van der Waals surface area contributed by atoms with Gasteiger partial charge in [-0.25, -0.2) is 0 Å². The number of ether oxygens (including phenoxy) is 2. The van der Waals surface area contributed by atoms with Gasteiger partial charge in [0, 0.05) is 6.54 Å². The number of carbonyl (C=O) groups is 1. The van der Waals surface area contributed by atoms with E-state index in [0.717, 1.165) is 11.3 Å². The molecule has 0 aliphatic rings. The van der Waals surface area contributed by atoms with E-state index in [0.29, 0.717) is 24.5 Å². The van der Waals surface area contributed by atoms with Crippen molar-refractivity contribution in [2.75, 3.05) is 32.3 Å². The Morgan fingerprint density at radius 3 is 2.77 bits per heavy atom. The molecule has 6 nitrogen and oxygen atoms in total. The minimum Gasteiger partial charge on any atom is -0.493 e. The summed E-state index contributed by atoms with van der Waals surface area (Å²) in [5.41, 5.74) is 0.906. The van der Waals surface area contributed by atoms with Crippen LogP contribution in [0.4, 0.5) is 0 Å². The highest BCUT2D eigenvalue weighted by Gasteiger charge is 2.16. The van der Waals surface area contributed by atoms with Crippen molar-refractivity contribution in [3.8, 4) is 11.5 Å². The monoisotopic (exact) mass is 329 g/mol. The number of rotatable bonds is 11. The van der Waals surface area contributed by atoms with Crippen LogP contribution in [0.2, 0.25) is 0 Å². The second-order valence-electron chi connectivity index (χ2n) is 4.61. The van der Waals surface area contributed by atoms with Crippen molar-refractivity contribution in [3.63, 3.8) is 0 Å². The van der Waals surface area contributed by atoms with Crippen LogP contribution < -0.4 is 14.8 Å². The van der Waals surface area contributed by atoms with E-state index in [-0.39, 0.29) is 13.2 Å². The van der Waals surface area contributed by atoms with E-state index in [9.17, 15) is 9.90 Å². The van der Waals surface area contributed by atoms with Gasteiger partial charge < -0.3 is 25.0 Å². The van der Waals surface area contributed by atoms with E-state index in [1.807, 2.05) is 12.3 Å². The van der Waals surface area contributed by atoms with Crippen molar-refractivity contribution >= 4 is 17.7 Å². The Bertz CT molecular complexity index is 469. The topological polar surface area (TPSA) is 88.0 Å². The summed E-state index contributed by atoms with van der Waals surface area (Å²) < 4.78 is 10.6. The average molecular weight is 329 g/mol. The molecule has 0 spiro atoms. The van der Waals surface area contributed by atoms with Gasteiger partial charge in [0.1, 0.15) is 12.6 Å². The Hall–Kier alpha value is -1.44. The van der Waals surface area contributed by atoms with Gasteiger partial charge in [-0.05, 0) is 36.1 Å². The number of carboxylic acid groups (broad SMARTS) is 1. The van der Waals surface area contributed by atoms with Crippen molar-refractivity contribution in [2.24, 2.45) is 0 Å². The lowest BCUT2D eigenvalue weighted by molar-refractivity contribution is -0.139. The standard InChI is InChI=1S/C15H23NO5S/c1-20-14-9-11(3-4-13(14)21-7-6-17)10-16-12(15(18)19)5-8-22-2/h3-4,9,12,16-17H,5-8,10H2,1-2H3,(H,18,19). The number of hydrogen-bond acceptors (Lipinski definition) is 6. The number of carboxylic acids is 1. The predicted molar refractivity (Wildman–Crippen MR) is 86.8 cm³/mol. The van der Waals surface area contributed by atoms with Gasteiger partial charge in [-0.3, -0.25) is 4.79 Å². The number of aliphatic hydroxyl groups is 1. The number of aliphatic hydroxyl groups excluding tert-OH is 1. The normalized spacial score (nSPS) is 12.0. The minimum atomic E-state index is -0.844. The van der Waals surface area contributed by atoms with E-state index < -0.39 is 12.0 Å². The van der Waals surface area contributed by atoms with Gasteiger partial charge >= 0.3 is 5.97 Å². The highest BCUT2D eigenvalue weighted by Crippen LogP contribution is 2.28. The van der Waals surface area contributed by atoms with Crippen LogP contribution in [0, 0.1) is 0 Å². The maximum atomic E-state index is 11.2. The van der Waals surface area contributed by atoms with Crippen molar-refractivity contribution in [1.29, 1.82) is 0 Å². The highest BCUT2D eigenvalue weighted by molar-refractivity contribution is 7.98. The quantitative estimate of drug-likeness (QED) is 0.565. The first-order chi connectivity index (χ1) is 10.6. The third kappa shape index (κ3) is 6.13. The first-order valence-corrected chi connectivity index (χ1v) is 8.37. The Morgan fingerprint density at radius 1 is 1.41 bits per heavy atom.